The van der Waals surface area contributed by atoms with Crippen LogP contribution in [0.3, 0.4) is 0 Å². The molecular weight excluding hydrogens is 213 g/mol. The van der Waals surface area contributed by atoms with Gasteiger partial charge in [0.15, 0.2) is 0 Å². The Hall–Kier alpha value is -0.290. The summed E-state index contributed by atoms with van der Waals surface area (Å²) in [5.41, 5.74) is 8.78. The summed E-state index contributed by atoms with van der Waals surface area (Å²) in [6.07, 6.45) is 0.933. The molecule has 1 aliphatic heterocycles. The number of hydrogen-bond acceptors (Lipinski definition) is 3. The van der Waals surface area contributed by atoms with E-state index in [-0.39, 0.29) is 24.8 Å². The van der Waals surface area contributed by atoms with E-state index >= 15 is 0 Å². The Kier molecular flexibility index (Phi) is 5.32. The molecule has 0 bridgehead atoms. The molecule has 0 aliphatic carbocycles. The number of ether oxygens (including phenoxy) is 1. The molecule has 0 unspecified atom stereocenters. The van der Waals surface area contributed by atoms with Gasteiger partial charge in [0.2, 0.25) is 0 Å². The molecule has 13 heavy (non-hydrogen) atoms. The van der Waals surface area contributed by atoms with Crippen molar-refractivity contribution in [1.82, 2.24) is 10.2 Å². The van der Waals surface area contributed by atoms with Crippen LogP contribution >= 0.6 is 24.8 Å². The van der Waals surface area contributed by atoms with Crippen LogP contribution < -0.4 is 5.73 Å². The Morgan fingerprint density at radius 1 is 1.46 bits per heavy atom. The number of rotatable bonds is 1. The first-order valence-electron chi connectivity index (χ1n) is 3.74. The van der Waals surface area contributed by atoms with Gasteiger partial charge >= 0.3 is 0 Å². The second kappa shape index (κ2) is 5.44. The molecule has 0 radical (unpaired) electrons. The maximum Gasteiger partial charge on any atom is 0.0815 e. The zero-order valence-electron chi connectivity index (χ0n) is 7.08. The largest absolute Gasteiger partial charge is 0.376 e. The van der Waals surface area contributed by atoms with Crippen molar-refractivity contribution in [3.63, 3.8) is 0 Å². The van der Waals surface area contributed by atoms with Crippen LogP contribution in [-0.2, 0) is 24.3 Å². The Balaban J connectivity index is 0.000000720. The van der Waals surface area contributed by atoms with Gasteiger partial charge in [-0.2, -0.15) is 5.10 Å². The van der Waals surface area contributed by atoms with E-state index in [0.29, 0.717) is 13.2 Å². The normalized spacial score (nSPS) is 13.9. The van der Waals surface area contributed by atoms with Crippen LogP contribution in [0.2, 0.25) is 0 Å². The third kappa shape index (κ3) is 2.34. The highest BCUT2D eigenvalue weighted by atomic mass is 35.5. The summed E-state index contributed by atoms with van der Waals surface area (Å²) in [4.78, 5) is 0. The van der Waals surface area contributed by atoms with Crippen molar-refractivity contribution in [3.8, 4) is 0 Å². The third-order valence-corrected chi connectivity index (χ3v) is 1.97. The third-order valence-electron chi connectivity index (χ3n) is 1.97. The molecule has 0 saturated carbocycles. The summed E-state index contributed by atoms with van der Waals surface area (Å²) < 4.78 is 5.28. The number of halogens is 2. The number of aromatic nitrogens is 2. The van der Waals surface area contributed by atoms with Gasteiger partial charge in [-0.15, -0.1) is 24.8 Å². The van der Waals surface area contributed by atoms with Crippen molar-refractivity contribution < 1.29 is 4.74 Å². The van der Waals surface area contributed by atoms with E-state index in [9.17, 15) is 0 Å². The monoisotopic (exact) mass is 225 g/mol. The van der Waals surface area contributed by atoms with E-state index in [1.54, 1.807) is 0 Å². The molecule has 2 rings (SSSR count). The molecule has 1 aromatic heterocycles. The van der Waals surface area contributed by atoms with Crippen LogP contribution in [0.1, 0.15) is 17.0 Å². The van der Waals surface area contributed by atoms with Crippen LogP contribution in [-0.4, -0.2) is 16.8 Å². The van der Waals surface area contributed by atoms with E-state index < -0.39 is 0 Å². The minimum absolute atomic E-state index is 0. The fourth-order valence-electron chi connectivity index (χ4n) is 1.34. The molecule has 0 spiro atoms. The van der Waals surface area contributed by atoms with Crippen molar-refractivity contribution in [2.24, 2.45) is 5.73 Å². The summed E-state index contributed by atoms with van der Waals surface area (Å²) >= 11 is 0. The van der Waals surface area contributed by atoms with Crippen LogP contribution in [0.15, 0.2) is 0 Å². The minimum Gasteiger partial charge on any atom is -0.376 e. The Morgan fingerprint density at radius 2 is 2.23 bits per heavy atom. The van der Waals surface area contributed by atoms with Gasteiger partial charge in [0, 0.05) is 24.2 Å². The molecule has 0 saturated heterocycles. The summed E-state index contributed by atoms with van der Waals surface area (Å²) in [6, 6.07) is 0. The van der Waals surface area contributed by atoms with E-state index in [0.717, 1.165) is 18.7 Å². The molecule has 0 fully saturated rings. The first kappa shape index (κ1) is 12.7. The highest BCUT2D eigenvalue weighted by Gasteiger charge is 2.15. The molecule has 6 heteroatoms. The number of H-pyrrole nitrogens is 1. The number of nitrogens with zero attached hydrogens (tertiary/aromatic N) is 1. The zero-order chi connectivity index (χ0) is 7.68. The number of nitrogens with one attached hydrogen (secondary N) is 1. The van der Waals surface area contributed by atoms with Gasteiger partial charge in [-0.1, -0.05) is 0 Å². The van der Waals surface area contributed by atoms with Gasteiger partial charge < -0.3 is 10.5 Å². The average Bonchev–Trinajstić information content (AvgIpc) is 2.47. The van der Waals surface area contributed by atoms with Crippen molar-refractivity contribution in [3.05, 3.63) is 17.0 Å². The SMILES string of the molecule is Cl.Cl.NCc1n[nH]c2c1COCC2. The van der Waals surface area contributed by atoms with E-state index in [4.69, 9.17) is 10.5 Å². The van der Waals surface area contributed by atoms with Crippen molar-refractivity contribution >= 4 is 24.8 Å². The first-order chi connectivity index (χ1) is 5.42. The molecule has 2 heterocycles. The number of hydrogen-bond donors (Lipinski definition) is 2. The Bertz CT molecular complexity index is 251. The van der Waals surface area contributed by atoms with E-state index in [1.165, 1.54) is 11.3 Å². The molecule has 0 amide bonds. The predicted octanol–water partition coefficient (Wildman–Crippen LogP) is 0.785. The Morgan fingerprint density at radius 3 is 2.92 bits per heavy atom. The lowest BCUT2D eigenvalue weighted by molar-refractivity contribution is 0.109. The Labute approximate surface area is 89.0 Å². The number of aromatic amines is 1. The lowest BCUT2D eigenvalue weighted by atomic mass is 10.1. The highest BCUT2D eigenvalue weighted by molar-refractivity contribution is 5.85. The predicted molar refractivity (Wildman–Crippen MR) is 54.3 cm³/mol. The standard InChI is InChI=1S/C7H11N3O.2ClH/c8-3-7-5-4-11-2-1-6(5)9-10-7;;/h1-4,8H2,(H,9,10);2*1H. The van der Waals surface area contributed by atoms with Gasteiger partial charge in [0.05, 0.1) is 18.9 Å². The zero-order valence-corrected chi connectivity index (χ0v) is 8.71. The molecule has 0 atom stereocenters. The lowest BCUT2D eigenvalue weighted by Crippen LogP contribution is -2.10. The van der Waals surface area contributed by atoms with Crippen molar-refractivity contribution in [1.29, 1.82) is 0 Å². The molecule has 0 aromatic carbocycles. The molecule has 3 N–H and O–H groups in total. The molecule has 4 nitrogen and oxygen atoms in total. The van der Waals surface area contributed by atoms with Gasteiger partial charge in [-0.3, -0.25) is 5.10 Å². The summed E-state index contributed by atoms with van der Waals surface area (Å²) in [5.74, 6) is 0. The lowest BCUT2D eigenvalue weighted by Gasteiger charge is -2.11. The van der Waals surface area contributed by atoms with Crippen molar-refractivity contribution in [2.75, 3.05) is 6.61 Å². The smallest absolute Gasteiger partial charge is 0.0815 e. The fourth-order valence-corrected chi connectivity index (χ4v) is 1.34. The quantitative estimate of drug-likeness (QED) is 0.743. The number of fused-ring (bicyclic) bond motifs is 1. The topological polar surface area (TPSA) is 63.9 Å². The average molecular weight is 226 g/mol. The second-order valence-corrected chi connectivity index (χ2v) is 2.63. The van der Waals surface area contributed by atoms with Gasteiger partial charge in [-0.25, -0.2) is 0 Å². The number of nitrogens with two attached hydrogens (primary N) is 1. The van der Waals surface area contributed by atoms with E-state index in [1.807, 2.05) is 0 Å². The maximum absolute atomic E-state index is 5.48. The van der Waals surface area contributed by atoms with Crippen LogP contribution in [0.25, 0.3) is 0 Å². The van der Waals surface area contributed by atoms with Gasteiger partial charge in [-0.05, 0) is 0 Å². The summed E-state index contributed by atoms with van der Waals surface area (Å²) in [5, 5.41) is 7.05. The summed E-state index contributed by atoms with van der Waals surface area (Å²) in [7, 11) is 0. The highest BCUT2D eigenvalue weighted by Crippen LogP contribution is 2.16. The fraction of sp³-hybridized carbons (Fsp3) is 0.571. The van der Waals surface area contributed by atoms with Crippen LogP contribution in [0, 0.1) is 0 Å². The van der Waals surface area contributed by atoms with E-state index in [2.05, 4.69) is 10.2 Å². The van der Waals surface area contributed by atoms with Gasteiger partial charge in [0.25, 0.3) is 0 Å². The molecule has 76 valence electrons. The van der Waals surface area contributed by atoms with Crippen LogP contribution in [0.5, 0.6) is 0 Å². The minimum atomic E-state index is 0. The second-order valence-electron chi connectivity index (χ2n) is 2.63. The summed E-state index contributed by atoms with van der Waals surface area (Å²) in [6.45, 7) is 1.95. The van der Waals surface area contributed by atoms with Crippen molar-refractivity contribution in [2.45, 2.75) is 19.6 Å². The van der Waals surface area contributed by atoms with Gasteiger partial charge in [0.1, 0.15) is 0 Å². The maximum atomic E-state index is 5.48. The molecule has 1 aromatic rings. The van der Waals surface area contributed by atoms with Crippen LogP contribution in [0.4, 0.5) is 0 Å². The molecular formula is C7H13Cl2N3O. The first-order valence-corrected chi connectivity index (χ1v) is 3.74. The molecule has 1 aliphatic rings.